The fourth-order valence-corrected chi connectivity index (χ4v) is 28.2. The lowest BCUT2D eigenvalue weighted by Crippen LogP contribution is -2.54. The third kappa shape index (κ3) is 26.7. The Bertz CT molecular complexity index is 3320. The molecule has 18 nitrogen and oxygen atoms in total. The normalized spacial score (nSPS) is 32.6. The average Bonchev–Trinajstić information content (AvgIpc) is 1.62. The molecule has 20 heteroatoms. The average molecular weight is 1860 g/mol. The molecule has 16 aliphatic rings. The molecule has 0 aliphatic carbocycles. The van der Waals surface area contributed by atoms with Crippen molar-refractivity contribution in [1.82, 2.24) is 78.4 Å². The molecule has 16 heterocycles. The second kappa shape index (κ2) is 47.7. The van der Waals surface area contributed by atoms with E-state index in [9.17, 15) is 9.59 Å². The molecule has 7 unspecified atom stereocenters. The van der Waals surface area contributed by atoms with E-state index in [2.05, 4.69) is 314 Å². The Morgan fingerprint density at radius 3 is 0.769 bits per heavy atom. The van der Waals surface area contributed by atoms with Gasteiger partial charge in [-0.3, -0.25) is 39.0 Å². The molecule has 16 rings (SSSR count). The maximum atomic E-state index is 12.7. The highest BCUT2D eigenvalue weighted by Crippen LogP contribution is 2.51. The molecule has 0 bridgehead atoms. The van der Waals surface area contributed by atoms with Crippen LogP contribution in [0.15, 0.2) is 0 Å². The van der Waals surface area contributed by atoms with Gasteiger partial charge in [0.2, 0.25) is 11.8 Å². The summed E-state index contributed by atoms with van der Waals surface area (Å²) < 4.78 is 0. The first-order valence-electron chi connectivity index (χ1n) is 55.0. The number of nitrogens with zero attached hydrogens (tertiary/aromatic N) is 16. The third-order valence-corrected chi connectivity index (χ3v) is 38.3. The van der Waals surface area contributed by atoms with Gasteiger partial charge in [-0.1, -0.05) is 24.4 Å². The molecule has 16 aliphatic heterocycles. The Labute approximate surface area is 815 Å². The summed E-state index contributed by atoms with van der Waals surface area (Å²) in [6.45, 7) is 110. The molecule has 0 radical (unpaired) electrons. The molecule has 16 saturated heterocycles. The van der Waals surface area contributed by atoms with Crippen LogP contribution in [0.1, 0.15) is 364 Å². The van der Waals surface area contributed by atoms with Crippen molar-refractivity contribution in [3.8, 4) is 0 Å². The number of hydrogen-bond acceptors (Lipinski definition) is 16. The van der Waals surface area contributed by atoms with Crippen LogP contribution < -0.4 is 0 Å². The smallest absolute Gasteiger partial charge is 0.230 e. The largest absolute Gasteiger partial charge is 0.363 e. The van der Waals surface area contributed by atoms with Crippen molar-refractivity contribution in [3.05, 3.63) is 0 Å². The van der Waals surface area contributed by atoms with Crippen LogP contribution in [0.3, 0.4) is 0 Å². The minimum absolute atomic E-state index is 0.0332. The number of carbonyl (C=O) groups excluding carboxylic acids is 2. The van der Waals surface area contributed by atoms with Crippen LogP contribution >= 0.6 is 24.4 Å². The van der Waals surface area contributed by atoms with Gasteiger partial charge in [-0.05, 0) is 459 Å². The maximum Gasteiger partial charge on any atom is 0.230 e. The van der Waals surface area contributed by atoms with E-state index < -0.39 is 0 Å². The predicted molar refractivity (Wildman–Crippen MR) is 564 cm³/mol. The highest BCUT2D eigenvalue weighted by Gasteiger charge is 2.56. The minimum Gasteiger partial charge on any atom is -0.363 e. The van der Waals surface area contributed by atoms with Crippen molar-refractivity contribution >= 4 is 46.2 Å². The van der Waals surface area contributed by atoms with Crippen molar-refractivity contribution in [3.63, 3.8) is 0 Å². The summed E-state index contributed by atoms with van der Waals surface area (Å²) in [6, 6.07) is 11.6. The molecule has 16 fully saturated rings. The summed E-state index contributed by atoms with van der Waals surface area (Å²) >= 11 is 11.5. The van der Waals surface area contributed by atoms with Gasteiger partial charge >= 0.3 is 0 Å². The Morgan fingerprint density at radius 1 is 0.208 bits per heavy atom. The first-order chi connectivity index (χ1) is 60.8. The van der Waals surface area contributed by atoms with E-state index in [1.807, 2.05) is 0 Å². The van der Waals surface area contributed by atoms with Gasteiger partial charge in [-0.15, -0.1) is 0 Å². The highest BCUT2D eigenvalue weighted by molar-refractivity contribution is 7.80. The quantitative estimate of drug-likeness (QED) is 0.137. The lowest BCUT2D eigenvalue weighted by molar-refractivity contribution is -0.147. The van der Waals surface area contributed by atoms with Crippen molar-refractivity contribution in [2.24, 2.45) is 43.3 Å². The van der Waals surface area contributed by atoms with Crippen LogP contribution in [0.2, 0.25) is 0 Å². The first-order valence-corrected chi connectivity index (χ1v) is 55.8. The van der Waals surface area contributed by atoms with E-state index in [1.165, 1.54) is 244 Å². The van der Waals surface area contributed by atoms with E-state index in [0.717, 1.165) is 113 Å². The molecule has 8 spiro atoms. The SMILES string of the molecule is CC(C)N1CCC2(CCCN(C(C)C)C2=O)C1.CC(C)N1CCC2(CCCN(C(C)C)C2=S)C1.CC(C)N1CCC2(CCCN(C(C)C)[C@@H]2C)C1.CC(C)N1CCC2(CCN(C(C)C)C2)C1.CC(C)N1CCC2(CCN(C(C)C)C2=O)C1.CC(C)N1CCC2(CCN(C(C)C)C2=S)C1.CC(C)N1CCC2(CCN(C(C)C)[C@@H]2C)C1.CC(C)N1CCCC2(CCN(C(C)C)C2)C1. The standard InChI is InChI=1S/C15H30N2.C14H26N2O.C14H26N2S.2C14H28N2.C13H24N2O.C13H24N2S.C13H26N2/c1-12(2)16-10-8-15(11-16)7-6-9-17(13(3)4)14(15)5;2*1-11(2)15-9-7-14(10-15)6-5-8-16(12(3)4)13(14)17;1-11(2)15-8-6-14(10-15)7-9-16(12(3)4)13(14)5;1-12(2)15-8-5-6-14(10-15)7-9-16(11-14)13(3)4;2*1-10(2)14-7-5-13(9-14)6-8-15(11(3)4)12(13)16;1-11(2)14-7-5-13(9-14)6-8-15(10-13)12(3)4/h12-14H,6-11H2,1-5H3;2*11-12H,5-10H2,1-4H3;11-13H,6-10H2,1-5H3;12-13H,5-11H2,1-4H3;2*10-11H,5-9H2,1-4H3;11-12H,5-10H2,1-4H3/t14-,15?;;;13-,14?;;;;/m1..1..../s1. The zero-order valence-corrected chi connectivity index (χ0v) is 93.3. The van der Waals surface area contributed by atoms with E-state index in [1.54, 1.807) is 0 Å². The molecule has 0 aromatic carbocycles. The molecule has 0 aromatic rings. The van der Waals surface area contributed by atoms with Gasteiger partial charge in [-0.2, -0.15) is 0 Å². The maximum absolute atomic E-state index is 12.7. The van der Waals surface area contributed by atoms with Crippen LogP contribution in [0.5, 0.6) is 0 Å². The number of piperidine rings is 4. The second-order valence-electron chi connectivity index (χ2n) is 50.3. The van der Waals surface area contributed by atoms with Gasteiger partial charge in [0, 0.05) is 217 Å². The van der Waals surface area contributed by atoms with Crippen molar-refractivity contribution in [2.45, 2.75) is 473 Å². The molecule has 0 N–H and O–H groups in total. The van der Waals surface area contributed by atoms with E-state index in [4.69, 9.17) is 24.4 Å². The van der Waals surface area contributed by atoms with Gasteiger partial charge in [0.05, 0.1) is 20.8 Å². The summed E-state index contributed by atoms with van der Waals surface area (Å²) in [5, 5.41) is 0. The van der Waals surface area contributed by atoms with E-state index >= 15 is 0 Å². The summed E-state index contributed by atoms with van der Waals surface area (Å²) in [4.78, 5) is 68.2. The van der Waals surface area contributed by atoms with Crippen LogP contribution in [-0.2, 0) is 9.59 Å². The Kier molecular flexibility index (Phi) is 41.0. The van der Waals surface area contributed by atoms with Gasteiger partial charge in [0.25, 0.3) is 0 Å². The van der Waals surface area contributed by atoms with Crippen LogP contribution in [0.25, 0.3) is 0 Å². The Morgan fingerprint density at radius 2 is 0.438 bits per heavy atom. The van der Waals surface area contributed by atoms with Gasteiger partial charge in [0.15, 0.2) is 0 Å². The molecular formula is C110H212N16O2S2. The van der Waals surface area contributed by atoms with Gasteiger partial charge in [-0.25, -0.2) is 0 Å². The molecule has 130 heavy (non-hydrogen) atoms. The number of thiocarbonyl (C=S) groups is 2. The molecule has 0 saturated carbocycles. The highest BCUT2D eigenvalue weighted by atomic mass is 32.1. The van der Waals surface area contributed by atoms with Crippen LogP contribution in [-0.4, -0.2) is 379 Å². The molecule has 2 amide bonds. The van der Waals surface area contributed by atoms with Gasteiger partial charge in [0.1, 0.15) is 0 Å². The minimum atomic E-state index is -0.0488. The van der Waals surface area contributed by atoms with Crippen LogP contribution in [0.4, 0.5) is 0 Å². The van der Waals surface area contributed by atoms with E-state index in [-0.39, 0.29) is 10.8 Å². The molecule has 0 aromatic heterocycles. The number of likely N-dealkylation sites (tertiary alicyclic amines) is 16. The molecule has 756 valence electrons. The number of rotatable bonds is 16. The molecule has 9 atom stereocenters. The Balaban J connectivity index is 0.000000167. The summed E-state index contributed by atoms with van der Waals surface area (Å²) in [5.74, 6) is 0.826. The summed E-state index contributed by atoms with van der Waals surface area (Å²) in [5.41, 5.74) is 3.05. The zero-order valence-electron chi connectivity index (χ0n) is 91.7. The third-order valence-electron chi connectivity index (χ3n) is 36.9. The Hall–Kier alpha value is -1.76. The topological polar surface area (TPSA) is 86.0 Å². The fraction of sp³-hybridized carbons (Fsp3) is 0.964. The van der Waals surface area contributed by atoms with Gasteiger partial charge < -0.3 is 49.0 Å². The lowest BCUT2D eigenvalue weighted by Gasteiger charge is -2.49. The van der Waals surface area contributed by atoms with Crippen molar-refractivity contribution < 1.29 is 9.59 Å². The number of hydrogen-bond donors (Lipinski definition) is 0. The zero-order chi connectivity index (χ0) is 96.5. The van der Waals surface area contributed by atoms with Crippen LogP contribution in [0, 0.1) is 43.3 Å². The van der Waals surface area contributed by atoms with Crippen molar-refractivity contribution in [2.75, 3.05) is 170 Å². The molecular weight excluding hydrogens is 1640 g/mol. The lowest BCUT2D eigenvalue weighted by atomic mass is 9.72. The number of amides is 2. The van der Waals surface area contributed by atoms with Crippen molar-refractivity contribution in [1.29, 1.82) is 0 Å². The summed E-state index contributed by atoms with van der Waals surface area (Å²) in [7, 11) is 0. The van der Waals surface area contributed by atoms with E-state index in [0.29, 0.717) is 105 Å². The fourth-order valence-electron chi connectivity index (χ4n) is 27.1. The number of carbonyl (C=O) groups is 2. The first kappa shape index (κ1) is 112. The predicted octanol–water partition coefficient (Wildman–Crippen LogP) is 19.7. The summed E-state index contributed by atoms with van der Waals surface area (Å²) in [6.07, 6.45) is 26.1. The second-order valence-corrected chi connectivity index (χ2v) is 51.1. The monoisotopic (exact) mass is 1850 g/mol.